The molecule has 0 aromatic heterocycles. The SMILES string of the molecule is Cc1ccc(-c2cc(Sc3ccccc3)ccc2C)cc1C. The summed E-state index contributed by atoms with van der Waals surface area (Å²) in [6, 6.07) is 24.0. The maximum atomic E-state index is 2.30. The second-order valence-corrected chi connectivity index (χ2v) is 6.84. The molecule has 3 aromatic carbocycles. The van der Waals surface area contributed by atoms with Crippen LogP contribution in [0, 0.1) is 20.8 Å². The first kappa shape index (κ1) is 14.9. The van der Waals surface area contributed by atoms with Crippen molar-refractivity contribution in [2.75, 3.05) is 0 Å². The van der Waals surface area contributed by atoms with Crippen LogP contribution in [0.15, 0.2) is 76.5 Å². The van der Waals surface area contributed by atoms with E-state index in [1.807, 2.05) is 11.8 Å². The van der Waals surface area contributed by atoms with Crippen LogP contribution in [0.5, 0.6) is 0 Å². The van der Waals surface area contributed by atoms with E-state index in [2.05, 4.69) is 87.5 Å². The van der Waals surface area contributed by atoms with Gasteiger partial charge in [-0.15, -0.1) is 0 Å². The summed E-state index contributed by atoms with van der Waals surface area (Å²) in [6.07, 6.45) is 0. The van der Waals surface area contributed by atoms with Gasteiger partial charge in [-0.05, 0) is 72.9 Å². The topological polar surface area (TPSA) is 0 Å². The molecule has 0 nitrogen and oxygen atoms in total. The molecule has 0 spiro atoms. The van der Waals surface area contributed by atoms with Crippen LogP contribution in [0.4, 0.5) is 0 Å². The summed E-state index contributed by atoms with van der Waals surface area (Å²) in [4.78, 5) is 2.56. The molecule has 1 heteroatoms. The van der Waals surface area contributed by atoms with E-state index in [4.69, 9.17) is 0 Å². The number of hydrogen-bond donors (Lipinski definition) is 0. The van der Waals surface area contributed by atoms with Gasteiger partial charge in [0.15, 0.2) is 0 Å². The Bertz CT molecular complexity index is 788. The first-order valence-electron chi connectivity index (χ1n) is 7.54. The molecule has 0 aliphatic heterocycles. The quantitative estimate of drug-likeness (QED) is 0.537. The van der Waals surface area contributed by atoms with Crippen LogP contribution in [-0.4, -0.2) is 0 Å². The van der Waals surface area contributed by atoms with Gasteiger partial charge in [0, 0.05) is 9.79 Å². The molecular weight excluding hydrogens is 284 g/mol. The summed E-state index contributed by atoms with van der Waals surface area (Å²) >= 11 is 1.81. The minimum Gasteiger partial charge on any atom is -0.0901 e. The highest BCUT2D eigenvalue weighted by molar-refractivity contribution is 7.99. The molecule has 0 aliphatic rings. The summed E-state index contributed by atoms with van der Waals surface area (Å²) in [5.41, 5.74) is 6.63. The highest BCUT2D eigenvalue weighted by Gasteiger charge is 2.06. The van der Waals surface area contributed by atoms with E-state index >= 15 is 0 Å². The molecule has 0 saturated carbocycles. The zero-order chi connectivity index (χ0) is 15.5. The van der Waals surface area contributed by atoms with E-state index in [-0.39, 0.29) is 0 Å². The van der Waals surface area contributed by atoms with Crippen molar-refractivity contribution in [3.05, 3.63) is 83.4 Å². The third kappa shape index (κ3) is 3.26. The molecule has 0 unspecified atom stereocenters. The van der Waals surface area contributed by atoms with Crippen LogP contribution in [0.2, 0.25) is 0 Å². The highest BCUT2D eigenvalue weighted by atomic mass is 32.2. The van der Waals surface area contributed by atoms with Crippen molar-refractivity contribution >= 4 is 11.8 Å². The lowest BCUT2D eigenvalue weighted by molar-refractivity contribution is 1.32. The second kappa shape index (κ2) is 6.41. The van der Waals surface area contributed by atoms with Gasteiger partial charge in [0.05, 0.1) is 0 Å². The molecule has 0 heterocycles. The van der Waals surface area contributed by atoms with Gasteiger partial charge in [-0.3, -0.25) is 0 Å². The fraction of sp³-hybridized carbons (Fsp3) is 0.143. The summed E-state index contributed by atoms with van der Waals surface area (Å²) in [7, 11) is 0. The van der Waals surface area contributed by atoms with Crippen molar-refractivity contribution in [2.24, 2.45) is 0 Å². The number of benzene rings is 3. The summed E-state index contributed by atoms with van der Waals surface area (Å²) in [5.74, 6) is 0. The van der Waals surface area contributed by atoms with Crippen molar-refractivity contribution in [1.82, 2.24) is 0 Å². The zero-order valence-corrected chi connectivity index (χ0v) is 14.1. The fourth-order valence-corrected chi connectivity index (χ4v) is 3.39. The third-order valence-electron chi connectivity index (χ3n) is 4.01. The Kier molecular flexibility index (Phi) is 4.35. The van der Waals surface area contributed by atoms with Crippen LogP contribution in [-0.2, 0) is 0 Å². The molecule has 0 amide bonds. The largest absolute Gasteiger partial charge is 0.0901 e. The minimum atomic E-state index is 1.28. The Labute approximate surface area is 137 Å². The zero-order valence-electron chi connectivity index (χ0n) is 13.3. The molecule has 22 heavy (non-hydrogen) atoms. The average Bonchev–Trinajstić information content (AvgIpc) is 2.53. The van der Waals surface area contributed by atoms with E-state index in [1.165, 1.54) is 37.6 Å². The highest BCUT2D eigenvalue weighted by Crippen LogP contribution is 2.33. The predicted molar refractivity (Wildman–Crippen MR) is 96.7 cm³/mol. The molecule has 3 aromatic rings. The van der Waals surface area contributed by atoms with Gasteiger partial charge in [0.25, 0.3) is 0 Å². The molecule has 0 atom stereocenters. The smallest absolute Gasteiger partial charge is 0.0128 e. The molecule has 0 bridgehead atoms. The molecule has 0 N–H and O–H groups in total. The van der Waals surface area contributed by atoms with E-state index in [0.29, 0.717) is 0 Å². The van der Waals surface area contributed by atoms with Crippen molar-refractivity contribution in [3.63, 3.8) is 0 Å². The van der Waals surface area contributed by atoms with Crippen molar-refractivity contribution < 1.29 is 0 Å². The lowest BCUT2D eigenvalue weighted by Crippen LogP contribution is -1.87. The van der Waals surface area contributed by atoms with E-state index in [1.54, 1.807) is 0 Å². The average molecular weight is 304 g/mol. The molecule has 0 saturated heterocycles. The molecule has 0 radical (unpaired) electrons. The molecule has 0 fully saturated rings. The Morgan fingerprint density at radius 2 is 1.32 bits per heavy atom. The van der Waals surface area contributed by atoms with E-state index in [0.717, 1.165) is 0 Å². The maximum absolute atomic E-state index is 2.30. The van der Waals surface area contributed by atoms with Gasteiger partial charge in [-0.2, -0.15) is 0 Å². The first-order chi connectivity index (χ1) is 10.6. The Hall–Kier alpha value is -1.99. The van der Waals surface area contributed by atoms with Crippen LogP contribution in [0.3, 0.4) is 0 Å². The van der Waals surface area contributed by atoms with Crippen molar-refractivity contribution in [1.29, 1.82) is 0 Å². The number of hydrogen-bond acceptors (Lipinski definition) is 1. The molecular formula is C21H20S. The third-order valence-corrected chi connectivity index (χ3v) is 5.00. The van der Waals surface area contributed by atoms with Crippen LogP contribution in [0.1, 0.15) is 16.7 Å². The second-order valence-electron chi connectivity index (χ2n) is 5.69. The van der Waals surface area contributed by atoms with Gasteiger partial charge >= 0.3 is 0 Å². The molecule has 3 rings (SSSR count). The Morgan fingerprint density at radius 1 is 0.591 bits per heavy atom. The van der Waals surface area contributed by atoms with Gasteiger partial charge in [0.1, 0.15) is 0 Å². The van der Waals surface area contributed by atoms with E-state index < -0.39 is 0 Å². The molecule has 0 aliphatic carbocycles. The van der Waals surface area contributed by atoms with Gasteiger partial charge in [-0.25, -0.2) is 0 Å². The fourth-order valence-electron chi connectivity index (χ4n) is 2.51. The maximum Gasteiger partial charge on any atom is 0.0128 e. The predicted octanol–water partition coefficient (Wildman–Crippen LogP) is 6.43. The minimum absolute atomic E-state index is 1.28. The lowest BCUT2D eigenvalue weighted by Gasteiger charge is -2.11. The summed E-state index contributed by atoms with van der Waals surface area (Å²) in [6.45, 7) is 6.52. The standard InChI is InChI=1S/C21H20S/c1-15-9-11-18(13-17(15)3)21-14-20(12-10-16(21)2)22-19-7-5-4-6-8-19/h4-14H,1-3H3. The lowest BCUT2D eigenvalue weighted by atomic mass is 9.97. The first-order valence-corrected chi connectivity index (χ1v) is 8.36. The Morgan fingerprint density at radius 3 is 2.05 bits per heavy atom. The monoisotopic (exact) mass is 304 g/mol. The van der Waals surface area contributed by atoms with Crippen LogP contribution >= 0.6 is 11.8 Å². The van der Waals surface area contributed by atoms with Crippen LogP contribution in [0.25, 0.3) is 11.1 Å². The summed E-state index contributed by atoms with van der Waals surface area (Å²) < 4.78 is 0. The van der Waals surface area contributed by atoms with Crippen LogP contribution < -0.4 is 0 Å². The van der Waals surface area contributed by atoms with Gasteiger partial charge in [-0.1, -0.05) is 54.2 Å². The molecule has 110 valence electrons. The van der Waals surface area contributed by atoms with Gasteiger partial charge < -0.3 is 0 Å². The van der Waals surface area contributed by atoms with Crippen molar-refractivity contribution in [3.8, 4) is 11.1 Å². The number of rotatable bonds is 3. The van der Waals surface area contributed by atoms with Gasteiger partial charge in [0.2, 0.25) is 0 Å². The van der Waals surface area contributed by atoms with Crippen molar-refractivity contribution in [2.45, 2.75) is 30.6 Å². The van der Waals surface area contributed by atoms with E-state index in [9.17, 15) is 0 Å². The Balaban J connectivity index is 1.97. The number of aryl methyl sites for hydroxylation is 3. The normalized spacial score (nSPS) is 10.7. The summed E-state index contributed by atoms with van der Waals surface area (Å²) in [5, 5.41) is 0.